The molecule has 0 spiro atoms. The van der Waals surface area contributed by atoms with E-state index in [1.807, 2.05) is 37.3 Å². The molecule has 6 nitrogen and oxygen atoms in total. The fourth-order valence-corrected chi connectivity index (χ4v) is 3.78. The minimum Gasteiger partial charge on any atom is -0.273 e. The van der Waals surface area contributed by atoms with Crippen LogP contribution in [0.25, 0.3) is 10.9 Å². The Morgan fingerprint density at radius 2 is 1.77 bits per heavy atom. The van der Waals surface area contributed by atoms with E-state index in [1.165, 1.54) is 16.4 Å². The highest BCUT2D eigenvalue weighted by atomic mass is 32.2. The van der Waals surface area contributed by atoms with Crippen LogP contribution in [0.1, 0.15) is 11.4 Å². The van der Waals surface area contributed by atoms with E-state index in [2.05, 4.69) is 10.1 Å². The van der Waals surface area contributed by atoms with Crippen molar-refractivity contribution >= 4 is 39.4 Å². The zero-order valence-electron chi connectivity index (χ0n) is 14.3. The average molecular weight is 364 g/mol. The van der Waals surface area contributed by atoms with Crippen molar-refractivity contribution in [2.24, 2.45) is 5.10 Å². The number of hydrogen-bond acceptors (Lipinski definition) is 5. The molecular formula is C19H16N4O2S. The molecule has 1 aliphatic rings. The number of anilines is 1. The third-order valence-corrected chi connectivity index (χ3v) is 5.14. The van der Waals surface area contributed by atoms with E-state index in [1.54, 1.807) is 30.0 Å². The molecule has 4 rings (SSSR count). The number of thioether (sulfide) groups is 1. The summed E-state index contributed by atoms with van der Waals surface area (Å²) in [6, 6.07) is 14.8. The number of amides is 1. The van der Waals surface area contributed by atoms with Crippen molar-refractivity contribution in [1.29, 1.82) is 0 Å². The van der Waals surface area contributed by atoms with Crippen molar-refractivity contribution in [2.75, 3.05) is 10.7 Å². The smallest absolute Gasteiger partial charge is 0.273 e. The van der Waals surface area contributed by atoms with Gasteiger partial charge in [0, 0.05) is 0 Å². The molecule has 1 aromatic heterocycles. The largest absolute Gasteiger partial charge is 0.282 e. The molecule has 2 heterocycles. The van der Waals surface area contributed by atoms with E-state index >= 15 is 0 Å². The molecule has 1 fully saturated rings. The molecule has 0 atom stereocenters. The second-order valence-corrected chi connectivity index (χ2v) is 6.92. The van der Waals surface area contributed by atoms with Gasteiger partial charge in [-0.2, -0.15) is 4.68 Å². The number of amidine groups is 1. The molecule has 0 N–H and O–H groups in total. The first-order chi connectivity index (χ1) is 12.6. The van der Waals surface area contributed by atoms with Crippen molar-refractivity contribution in [3.05, 3.63) is 70.3 Å². The number of para-hydroxylation sites is 2. The summed E-state index contributed by atoms with van der Waals surface area (Å²) in [5.41, 5.74) is 2.14. The molecule has 130 valence electrons. The molecule has 3 aromatic rings. The molecule has 26 heavy (non-hydrogen) atoms. The number of rotatable bonds is 2. The first-order valence-electron chi connectivity index (χ1n) is 8.15. The lowest BCUT2D eigenvalue weighted by atomic mass is 10.2. The quantitative estimate of drug-likeness (QED) is 0.701. The van der Waals surface area contributed by atoms with Gasteiger partial charge in [-0.15, -0.1) is 5.10 Å². The Kier molecular flexibility index (Phi) is 4.08. The van der Waals surface area contributed by atoms with Crippen LogP contribution >= 0.6 is 11.8 Å². The molecule has 0 radical (unpaired) electrons. The Bertz CT molecular complexity index is 1120. The predicted molar refractivity (Wildman–Crippen MR) is 105 cm³/mol. The highest BCUT2D eigenvalue weighted by Gasteiger charge is 2.31. The number of benzene rings is 2. The number of nitrogens with zero attached hydrogens (tertiary/aromatic N) is 4. The number of carbonyl (C=O) groups is 1. The number of fused-ring (bicyclic) bond motifs is 1. The standard InChI is InChI=1S/C19H16N4O2S/c1-12-7-3-6-10-16(12)22-17(24)11-26-19(22)21-23-13(2)20-15-9-5-4-8-14(15)18(23)25/h3-10H,11H2,1-2H3/b21-19-. The molecular weight excluding hydrogens is 348 g/mol. The second-order valence-electron chi connectivity index (χ2n) is 5.98. The first-order valence-corrected chi connectivity index (χ1v) is 9.13. The minimum atomic E-state index is -0.245. The van der Waals surface area contributed by atoms with Crippen LogP contribution in [0.3, 0.4) is 0 Å². The van der Waals surface area contributed by atoms with Crippen LogP contribution in [0.2, 0.25) is 0 Å². The number of aromatic nitrogens is 2. The molecule has 0 saturated carbocycles. The van der Waals surface area contributed by atoms with Crippen molar-refractivity contribution in [3.63, 3.8) is 0 Å². The third-order valence-electron chi connectivity index (χ3n) is 4.22. The SMILES string of the molecule is Cc1ccccc1N1C(=O)CS/C1=N\n1c(C)nc2ccccc2c1=O. The van der Waals surface area contributed by atoms with E-state index in [0.29, 0.717) is 27.6 Å². The first kappa shape index (κ1) is 16.5. The van der Waals surface area contributed by atoms with Crippen LogP contribution in [0.4, 0.5) is 5.69 Å². The van der Waals surface area contributed by atoms with Gasteiger partial charge < -0.3 is 0 Å². The number of aryl methyl sites for hydroxylation is 2. The van der Waals surface area contributed by atoms with Crippen LogP contribution in [0.15, 0.2) is 58.4 Å². The normalized spacial score (nSPS) is 16.0. The van der Waals surface area contributed by atoms with Gasteiger partial charge in [-0.05, 0) is 37.6 Å². The van der Waals surface area contributed by atoms with Gasteiger partial charge >= 0.3 is 0 Å². The lowest BCUT2D eigenvalue weighted by Crippen LogP contribution is -2.32. The van der Waals surface area contributed by atoms with Crippen molar-refractivity contribution in [1.82, 2.24) is 9.66 Å². The molecule has 0 bridgehead atoms. The monoisotopic (exact) mass is 364 g/mol. The van der Waals surface area contributed by atoms with E-state index in [4.69, 9.17) is 0 Å². The van der Waals surface area contributed by atoms with Crippen LogP contribution in [0.5, 0.6) is 0 Å². The molecule has 1 aliphatic heterocycles. The van der Waals surface area contributed by atoms with Gasteiger partial charge in [0.25, 0.3) is 5.56 Å². The Morgan fingerprint density at radius 3 is 2.58 bits per heavy atom. The summed E-state index contributed by atoms with van der Waals surface area (Å²) in [4.78, 5) is 31.3. The van der Waals surface area contributed by atoms with Gasteiger partial charge in [0.15, 0.2) is 5.17 Å². The van der Waals surface area contributed by atoms with E-state index in [-0.39, 0.29) is 11.5 Å². The molecule has 1 amide bonds. The van der Waals surface area contributed by atoms with E-state index in [9.17, 15) is 9.59 Å². The summed E-state index contributed by atoms with van der Waals surface area (Å²) in [5, 5.41) is 5.46. The van der Waals surface area contributed by atoms with Crippen LogP contribution in [0, 0.1) is 13.8 Å². The predicted octanol–water partition coefficient (Wildman–Crippen LogP) is 2.91. The molecule has 1 saturated heterocycles. The maximum absolute atomic E-state index is 12.8. The van der Waals surface area contributed by atoms with Crippen molar-refractivity contribution in [3.8, 4) is 0 Å². The van der Waals surface area contributed by atoms with Crippen LogP contribution in [-0.4, -0.2) is 26.5 Å². The highest BCUT2D eigenvalue weighted by molar-refractivity contribution is 8.15. The molecule has 0 unspecified atom stereocenters. The Labute approximate surface area is 154 Å². The Hall–Kier alpha value is -2.93. The minimum absolute atomic E-state index is 0.0532. The van der Waals surface area contributed by atoms with Gasteiger partial charge in [0.05, 0.1) is 22.3 Å². The summed E-state index contributed by atoms with van der Waals surface area (Å²) in [6.45, 7) is 3.68. The molecule has 2 aromatic carbocycles. The van der Waals surface area contributed by atoms with Crippen LogP contribution in [-0.2, 0) is 4.79 Å². The highest BCUT2D eigenvalue weighted by Crippen LogP contribution is 2.29. The van der Waals surface area contributed by atoms with Crippen molar-refractivity contribution in [2.45, 2.75) is 13.8 Å². The van der Waals surface area contributed by atoms with Crippen LogP contribution < -0.4 is 10.5 Å². The van der Waals surface area contributed by atoms with Gasteiger partial charge in [0.1, 0.15) is 5.82 Å². The van der Waals surface area contributed by atoms with E-state index < -0.39 is 0 Å². The fourth-order valence-electron chi connectivity index (χ4n) is 2.93. The van der Waals surface area contributed by atoms with Gasteiger partial charge in [-0.25, -0.2) is 4.98 Å². The van der Waals surface area contributed by atoms with Gasteiger partial charge in [-0.3, -0.25) is 14.5 Å². The van der Waals surface area contributed by atoms with Gasteiger partial charge in [0.2, 0.25) is 5.91 Å². The summed E-state index contributed by atoms with van der Waals surface area (Å²) in [5.74, 6) is 0.718. The summed E-state index contributed by atoms with van der Waals surface area (Å²) < 4.78 is 1.27. The topological polar surface area (TPSA) is 67.6 Å². The summed E-state index contributed by atoms with van der Waals surface area (Å²) >= 11 is 1.32. The van der Waals surface area contributed by atoms with Crippen molar-refractivity contribution < 1.29 is 4.79 Å². The lowest BCUT2D eigenvalue weighted by Gasteiger charge is -2.18. The zero-order chi connectivity index (χ0) is 18.3. The number of hydrogen-bond donors (Lipinski definition) is 0. The maximum Gasteiger partial charge on any atom is 0.282 e. The third kappa shape index (κ3) is 2.70. The fraction of sp³-hybridized carbons (Fsp3) is 0.158. The van der Waals surface area contributed by atoms with E-state index in [0.717, 1.165) is 11.3 Å². The molecule has 0 aliphatic carbocycles. The summed E-state index contributed by atoms with van der Waals surface area (Å²) in [6.07, 6.45) is 0. The average Bonchev–Trinajstić information content (AvgIpc) is 2.99. The number of carbonyl (C=O) groups excluding carboxylic acids is 1. The van der Waals surface area contributed by atoms with Gasteiger partial charge in [-0.1, -0.05) is 42.1 Å². The maximum atomic E-state index is 12.8. The second kappa shape index (κ2) is 6.42. The Morgan fingerprint density at radius 1 is 1.04 bits per heavy atom. The molecule has 7 heteroatoms. The zero-order valence-corrected chi connectivity index (χ0v) is 15.2. The summed E-state index contributed by atoms with van der Waals surface area (Å²) in [7, 11) is 0. The Balaban J connectivity index is 1.88. The lowest BCUT2D eigenvalue weighted by molar-refractivity contribution is -0.115.